The van der Waals surface area contributed by atoms with Crippen LogP contribution in [0.25, 0.3) is 21.9 Å². The van der Waals surface area contributed by atoms with Gasteiger partial charge in [0.25, 0.3) is 11.5 Å². The quantitative estimate of drug-likeness (QED) is 0.142. The second kappa shape index (κ2) is 16.3. The lowest BCUT2D eigenvalue weighted by Gasteiger charge is -2.34. The van der Waals surface area contributed by atoms with Crippen LogP contribution in [-0.4, -0.2) is 80.3 Å². The zero-order valence-corrected chi connectivity index (χ0v) is 32.3. The molecule has 298 valence electrons. The van der Waals surface area contributed by atoms with Gasteiger partial charge in [-0.2, -0.15) is 5.10 Å². The Morgan fingerprint density at radius 1 is 0.982 bits per heavy atom. The second-order valence-electron chi connectivity index (χ2n) is 15.7. The van der Waals surface area contributed by atoms with E-state index < -0.39 is 0 Å². The molecule has 0 atom stereocenters. The van der Waals surface area contributed by atoms with Crippen molar-refractivity contribution in [2.75, 3.05) is 43.5 Å². The van der Waals surface area contributed by atoms with E-state index in [1.165, 1.54) is 57.9 Å². The topological polar surface area (TPSA) is 159 Å². The predicted molar refractivity (Wildman–Crippen MR) is 220 cm³/mol. The number of ether oxygens (including phenoxy) is 1. The average molecular weight is 766 g/mol. The Morgan fingerprint density at radius 2 is 1.79 bits per heavy atom. The van der Waals surface area contributed by atoms with Gasteiger partial charge in [-0.25, -0.2) is 9.78 Å². The molecule has 6 heterocycles. The number of H-pyrrole nitrogens is 1. The van der Waals surface area contributed by atoms with Crippen LogP contribution in [0, 0.1) is 12.8 Å². The molecule has 2 saturated heterocycles. The molecule has 1 aromatic carbocycles. The number of methoxy groups -OCH3 is 1. The van der Waals surface area contributed by atoms with Gasteiger partial charge >= 0.3 is 6.03 Å². The number of hydrogen-bond donors (Lipinski definition) is 3. The SMILES string of the molecule is COc1cc2[nH]ncc2cc1C(=O)Nc1cccn(C2CC2)c1=O.Cc1cc2c(N3CCC(=O)NC3=O)ccnc2n1C1CCN(CCC2CCCCC2)CC1.[HH].[HH]. The maximum Gasteiger partial charge on any atom is 0.328 e. The Morgan fingerprint density at radius 3 is 2.54 bits per heavy atom. The van der Waals surface area contributed by atoms with Crippen molar-refractivity contribution in [3.8, 4) is 5.75 Å². The van der Waals surface area contributed by atoms with Gasteiger partial charge in [0.15, 0.2) is 0 Å². The molecular weight excluding hydrogens is 711 g/mol. The van der Waals surface area contributed by atoms with Crippen molar-refractivity contribution in [1.29, 1.82) is 0 Å². The lowest BCUT2D eigenvalue weighted by molar-refractivity contribution is -0.120. The first-order chi connectivity index (χ1) is 27.3. The summed E-state index contributed by atoms with van der Waals surface area (Å²) >= 11 is 0. The van der Waals surface area contributed by atoms with E-state index in [9.17, 15) is 19.2 Å². The van der Waals surface area contributed by atoms with E-state index in [0.717, 1.165) is 72.3 Å². The summed E-state index contributed by atoms with van der Waals surface area (Å²) < 4.78 is 9.34. The van der Waals surface area contributed by atoms with Gasteiger partial charge in [-0.15, -0.1) is 0 Å². The van der Waals surface area contributed by atoms with Crippen molar-refractivity contribution in [1.82, 2.24) is 34.5 Å². The number of likely N-dealkylation sites (tertiary alicyclic amines) is 1. The van der Waals surface area contributed by atoms with Gasteiger partial charge in [-0.3, -0.25) is 29.7 Å². The molecule has 5 aromatic rings. The number of aromatic amines is 1. The van der Waals surface area contributed by atoms with Crippen LogP contribution in [0.15, 0.2) is 59.8 Å². The molecule has 14 heteroatoms. The third kappa shape index (κ3) is 7.93. The first kappa shape index (κ1) is 37.4. The number of nitrogens with one attached hydrogen (secondary N) is 3. The van der Waals surface area contributed by atoms with Crippen LogP contribution in [0.2, 0.25) is 0 Å². The first-order valence-corrected chi connectivity index (χ1v) is 20.1. The number of nitrogens with zero attached hydrogens (tertiary/aromatic N) is 6. The number of anilines is 2. The Kier molecular flexibility index (Phi) is 10.9. The van der Waals surface area contributed by atoms with E-state index in [-0.39, 0.29) is 38.0 Å². The number of amides is 4. The zero-order valence-electron chi connectivity index (χ0n) is 32.3. The molecule has 3 N–H and O–H groups in total. The summed E-state index contributed by atoms with van der Waals surface area (Å²) in [4.78, 5) is 58.1. The Bertz CT molecular complexity index is 2310. The van der Waals surface area contributed by atoms with Gasteiger partial charge in [-0.05, 0) is 81.8 Å². The molecule has 0 radical (unpaired) electrons. The van der Waals surface area contributed by atoms with Crippen LogP contribution < -0.4 is 25.8 Å². The summed E-state index contributed by atoms with van der Waals surface area (Å²) in [6.07, 6.45) is 18.3. The van der Waals surface area contributed by atoms with Gasteiger partial charge in [0.1, 0.15) is 17.1 Å². The van der Waals surface area contributed by atoms with Crippen molar-refractivity contribution in [2.45, 2.75) is 89.6 Å². The summed E-state index contributed by atoms with van der Waals surface area (Å²) in [6, 6.07) is 11.2. The van der Waals surface area contributed by atoms with Gasteiger partial charge in [0, 0.05) is 75.9 Å². The molecule has 2 aliphatic heterocycles. The number of rotatable bonds is 9. The van der Waals surface area contributed by atoms with E-state index in [2.05, 4.69) is 43.3 Å². The van der Waals surface area contributed by atoms with Crippen molar-refractivity contribution in [2.24, 2.45) is 5.92 Å². The highest BCUT2D eigenvalue weighted by Crippen LogP contribution is 2.36. The Labute approximate surface area is 328 Å². The van der Waals surface area contributed by atoms with Crippen molar-refractivity contribution >= 4 is 51.2 Å². The fourth-order valence-corrected chi connectivity index (χ4v) is 8.71. The number of carbonyl (C=O) groups is 3. The maximum atomic E-state index is 12.6. The van der Waals surface area contributed by atoms with Crippen LogP contribution in [0.5, 0.6) is 5.75 Å². The van der Waals surface area contributed by atoms with Gasteiger partial charge < -0.3 is 24.1 Å². The standard InChI is InChI=1S/C25H35N5O2.C17H16N4O3.2H2/c1-18-17-21-22(29-16-11-23(31)27-25(29)32)7-12-26-24(21)30(18)20-9-14-28(15-10-20)13-8-19-5-3-2-4-6-19;1-24-15-8-14-10(9-18-20-14)7-12(15)16(22)19-13-3-2-6-21(17(13)23)11-4-5-11;;/h7,12,17,19-20H,2-6,8-11,13-16H2,1H3,(H,27,31,32);2-3,6-9,11H,4-5H2,1H3,(H,18,20)(H,19,22);2*1H. The van der Waals surface area contributed by atoms with Crippen LogP contribution in [0.3, 0.4) is 0 Å². The normalized spacial score (nSPS) is 18.5. The number of aryl methyl sites for hydroxylation is 1. The molecular formula is C42H55N9O5. The van der Waals surface area contributed by atoms with E-state index in [1.54, 1.807) is 52.3 Å². The Hall–Kier alpha value is -5.50. The first-order valence-electron chi connectivity index (χ1n) is 20.1. The number of fused-ring (bicyclic) bond motifs is 2. The zero-order chi connectivity index (χ0) is 38.8. The average Bonchev–Trinajstić information content (AvgIpc) is 3.85. The molecule has 14 nitrogen and oxygen atoms in total. The molecule has 4 aromatic heterocycles. The van der Waals surface area contributed by atoms with Crippen LogP contribution in [-0.2, 0) is 4.79 Å². The predicted octanol–water partition coefficient (Wildman–Crippen LogP) is 7.21. The minimum Gasteiger partial charge on any atom is -0.496 e. The van der Waals surface area contributed by atoms with Crippen molar-refractivity contribution in [3.63, 3.8) is 0 Å². The minimum atomic E-state index is -0.388. The molecule has 0 bridgehead atoms. The third-order valence-corrected chi connectivity index (χ3v) is 11.9. The maximum absolute atomic E-state index is 12.6. The molecule has 4 aliphatic rings. The second-order valence-corrected chi connectivity index (χ2v) is 15.7. The van der Waals surface area contributed by atoms with Crippen molar-refractivity contribution < 1.29 is 22.0 Å². The number of aromatic nitrogens is 5. The summed E-state index contributed by atoms with van der Waals surface area (Å²) in [6.45, 7) is 6.09. The molecule has 9 rings (SSSR count). The molecule has 2 aliphatic carbocycles. The molecule has 0 unspecified atom stereocenters. The highest BCUT2D eigenvalue weighted by atomic mass is 16.5. The molecule has 56 heavy (non-hydrogen) atoms. The van der Waals surface area contributed by atoms with Crippen LogP contribution in [0.4, 0.5) is 16.2 Å². The number of benzene rings is 1. The summed E-state index contributed by atoms with van der Waals surface area (Å²) in [5, 5.41) is 13.7. The number of carbonyl (C=O) groups excluding carboxylic acids is 3. The highest BCUT2D eigenvalue weighted by Gasteiger charge is 2.29. The molecule has 4 amide bonds. The Balaban J connectivity index is 0.000000196. The monoisotopic (exact) mass is 765 g/mol. The van der Waals surface area contributed by atoms with Crippen LogP contribution >= 0.6 is 0 Å². The van der Waals surface area contributed by atoms with E-state index in [0.29, 0.717) is 30.3 Å². The van der Waals surface area contributed by atoms with E-state index >= 15 is 0 Å². The number of hydrogen-bond acceptors (Lipinski definition) is 8. The number of pyridine rings is 2. The van der Waals surface area contributed by atoms with Crippen molar-refractivity contribution in [3.05, 3.63) is 76.6 Å². The third-order valence-electron chi connectivity index (χ3n) is 11.9. The summed E-state index contributed by atoms with van der Waals surface area (Å²) in [7, 11) is 1.50. The van der Waals surface area contributed by atoms with Crippen LogP contribution in [0.1, 0.15) is 102 Å². The number of urea groups is 1. The van der Waals surface area contributed by atoms with Gasteiger partial charge in [-0.1, -0.05) is 32.1 Å². The fraction of sp³-hybridized carbons (Fsp3) is 0.476. The smallest absolute Gasteiger partial charge is 0.328 e. The summed E-state index contributed by atoms with van der Waals surface area (Å²) in [5.74, 6) is 0.769. The van der Waals surface area contributed by atoms with E-state index in [4.69, 9.17) is 9.72 Å². The molecule has 2 saturated carbocycles. The van der Waals surface area contributed by atoms with Gasteiger partial charge in [0.2, 0.25) is 5.91 Å². The lowest BCUT2D eigenvalue weighted by Crippen LogP contribution is -2.49. The highest BCUT2D eigenvalue weighted by molar-refractivity contribution is 6.10. The lowest BCUT2D eigenvalue weighted by atomic mass is 9.87. The largest absolute Gasteiger partial charge is 0.496 e. The molecule has 0 spiro atoms. The number of piperidine rings is 1. The van der Waals surface area contributed by atoms with E-state index in [1.807, 2.05) is 6.07 Å². The number of imide groups is 1. The minimum absolute atomic E-state index is 0. The van der Waals surface area contributed by atoms with Gasteiger partial charge in [0.05, 0.1) is 30.1 Å². The molecule has 4 fully saturated rings. The fourth-order valence-electron chi connectivity index (χ4n) is 8.71. The summed E-state index contributed by atoms with van der Waals surface area (Å²) in [5.41, 5.74) is 4.19.